The number of halogens is 4. The lowest BCUT2D eigenvalue weighted by atomic mass is 9.74. The van der Waals surface area contributed by atoms with Crippen LogP contribution in [0.15, 0.2) is 58.0 Å². The van der Waals surface area contributed by atoms with Crippen molar-refractivity contribution < 1.29 is 27.6 Å². The zero-order valence-corrected chi connectivity index (χ0v) is 17.2. The molecule has 3 rings (SSSR count). The van der Waals surface area contributed by atoms with Crippen LogP contribution < -0.4 is 10.9 Å². The van der Waals surface area contributed by atoms with E-state index in [2.05, 4.69) is 15.0 Å². The van der Waals surface area contributed by atoms with Crippen molar-refractivity contribution >= 4 is 34.0 Å². The first-order valence-electron chi connectivity index (χ1n) is 9.09. The van der Waals surface area contributed by atoms with Gasteiger partial charge in [0.25, 0.3) is 5.91 Å². The third kappa shape index (κ3) is 4.42. The molecular formula is C21H18ClF3N2O4. The molecule has 0 radical (unpaired) electrons. The van der Waals surface area contributed by atoms with Crippen LogP contribution in [0.25, 0.3) is 10.8 Å². The summed E-state index contributed by atoms with van der Waals surface area (Å²) in [4.78, 5) is 24.3. The number of rotatable bonds is 5. The topological polar surface area (TPSA) is 92.4 Å². The summed E-state index contributed by atoms with van der Waals surface area (Å²) < 4.78 is 46.2. The van der Waals surface area contributed by atoms with Crippen LogP contribution in [0.2, 0.25) is 5.02 Å². The number of carbonyl (C=O) groups is 1. The summed E-state index contributed by atoms with van der Waals surface area (Å²) in [5, 5.41) is 16.6. The Labute approximate surface area is 179 Å². The van der Waals surface area contributed by atoms with E-state index in [0.717, 1.165) is 0 Å². The smallest absolute Gasteiger partial charge is 0.373 e. The van der Waals surface area contributed by atoms with Gasteiger partial charge in [0.1, 0.15) is 0 Å². The average Bonchev–Trinajstić information content (AvgIpc) is 2.67. The van der Waals surface area contributed by atoms with E-state index in [1.165, 1.54) is 44.3 Å². The molecule has 1 aromatic heterocycles. The van der Waals surface area contributed by atoms with E-state index < -0.39 is 35.1 Å². The summed E-state index contributed by atoms with van der Waals surface area (Å²) in [5.74, 6) is -1.66. The first kappa shape index (κ1) is 22.8. The van der Waals surface area contributed by atoms with Gasteiger partial charge in [-0.15, -0.1) is 0 Å². The number of nitrogens with zero attached hydrogens (tertiary/aromatic N) is 1. The highest BCUT2D eigenvalue weighted by Gasteiger charge is 2.61. The van der Waals surface area contributed by atoms with Gasteiger partial charge in [-0.1, -0.05) is 48.8 Å². The van der Waals surface area contributed by atoms with Crippen molar-refractivity contribution in [1.82, 2.24) is 5.16 Å². The second-order valence-electron chi connectivity index (χ2n) is 7.77. The van der Waals surface area contributed by atoms with Crippen LogP contribution >= 0.6 is 11.6 Å². The number of hydrogen-bond acceptors (Lipinski definition) is 5. The maximum absolute atomic E-state index is 13.9. The molecule has 0 saturated heterocycles. The van der Waals surface area contributed by atoms with Crippen LogP contribution in [0, 0.1) is 0 Å². The Morgan fingerprint density at radius 1 is 1.19 bits per heavy atom. The van der Waals surface area contributed by atoms with Gasteiger partial charge in [0.15, 0.2) is 0 Å². The number of anilines is 1. The molecule has 0 saturated carbocycles. The molecule has 164 valence electrons. The number of hydrogen-bond donors (Lipinski definition) is 2. The second kappa shape index (κ2) is 7.97. The summed E-state index contributed by atoms with van der Waals surface area (Å²) in [6.07, 6.45) is -5.06. The Kier molecular flexibility index (Phi) is 5.86. The van der Waals surface area contributed by atoms with Gasteiger partial charge in [0.2, 0.25) is 5.60 Å². The number of fused-ring (bicyclic) bond motifs is 1. The minimum absolute atomic E-state index is 0.0527. The monoisotopic (exact) mass is 454 g/mol. The highest BCUT2D eigenvalue weighted by Crippen LogP contribution is 2.43. The summed E-state index contributed by atoms with van der Waals surface area (Å²) in [7, 11) is 0. The minimum atomic E-state index is -5.27. The van der Waals surface area contributed by atoms with Gasteiger partial charge in [0.05, 0.1) is 11.6 Å². The maximum atomic E-state index is 13.9. The standard InChI is InChI=1S/C21H18ClF3N2O4/c1-19(2,15-5-3-4-6-16(15)22)11-20(30,21(23,24)25)18(29)27-13-7-8-14-12(9-13)10-26-31-17(14)28/h3-10,30H,11H2,1-2H3,(H,27,29). The van der Waals surface area contributed by atoms with E-state index in [-0.39, 0.29) is 21.5 Å². The van der Waals surface area contributed by atoms with Crippen molar-refractivity contribution in [3.63, 3.8) is 0 Å². The fraction of sp³-hybridized carbons (Fsp3) is 0.286. The SMILES string of the molecule is CC(C)(CC(O)(C(=O)Nc1ccc2c(=O)oncc2c1)C(F)(F)F)c1ccccc1Cl. The first-order valence-corrected chi connectivity index (χ1v) is 9.47. The van der Waals surface area contributed by atoms with Crippen molar-refractivity contribution in [2.75, 3.05) is 5.32 Å². The van der Waals surface area contributed by atoms with Crippen molar-refractivity contribution in [1.29, 1.82) is 0 Å². The highest BCUT2D eigenvalue weighted by atomic mass is 35.5. The van der Waals surface area contributed by atoms with E-state index in [9.17, 15) is 27.9 Å². The number of amides is 1. The van der Waals surface area contributed by atoms with Crippen LogP contribution in [-0.4, -0.2) is 27.9 Å². The zero-order chi connectivity index (χ0) is 23.0. The van der Waals surface area contributed by atoms with Crippen LogP contribution in [0.5, 0.6) is 0 Å². The van der Waals surface area contributed by atoms with Crippen LogP contribution in [0.3, 0.4) is 0 Å². The molecule has 10 heteroatoms. The molecule has 1 unspecified atom stereocenters. The summed E-state index contributed by atoms with van der Waals surface area (Å²) in [6.45, 7) is 2.92. The molecule has 3 aromatic rings. The summed E-state index contributed by atoms with van der Waals surface area (Å²) in [5.41, 5.74) is -5.44. The van der Waals surface area contributed by atoms with Crippen LogP contribution in [0.1, 0.15) is 25.8 Å². The molecule has 0 fully saturated rings. The number of carbonyl (C=O) groups excluding carboxylic acids is 1. The number of nitrogens with one attached hydrogen (secondary N) is 1. The van der Waals surface area contributed by atoms with E-state index in [0.29, 0.717) is 5.56 Å². The molecule has 1 heterocycles. The Balaban J connectivity index is 1.95. The Morgan fingerprint density at radius 2 is 1.87 bits per heavy atom. The van der Waals surface area contributed by atoms with E-state index in [1.807, 2.05) is 0 Å². The largest absolute Gasteiger partial charge is 0.426 e. The molecule has 0 aliphatic heterocycles. The Morgan fingerprint density at radius 3 is 2.52 bits per heavy atom. The minimum Gasteiger partial charge on any atom is -0.373 e. The van der Waals surface area contributed by atoms with Gasteiger partial charge in [-0.2, -0.15) is 13.2 Å². The predicted octanol–water partition coefficient (Wildman–Crippen LogP) is 4.44. The number of aromatic nitrogens is 1. The van der Waals surface area contributed by atoms with Gasteiger partial charge < -0.3 is 14.9 Å². The maximum Gasteiger partial charge on any atom is 0.426 e. The normalized spacial score (nSPS) is 14.3. The fourth-order valence-electron chi connectivity index (χ4n) is 3.40. The highest BCUT2D eigenvalue weighted by molar-refractivity contribution is 6.31. The van der Waals surface area contributed by atoms with Gasteiger partial charge in [-0.05, 0) is 35.2 Å². The van der Waals surface area contributed by atoms with Crippen LogP contribution in [0.4, 0.5) is 18.9 Å². The molecule has 1 amide bonds. The molecule has 0 spiro atoms. The molecule has 0 aliphatic carbocycles. The van der Waals surface area contributed by atoms with Gasteiger partial charge in [0, 0.05) is 22.5 Å². The molecule has 1 atom stereocenters. The van der Waals surface area contributed by atoms with Crippen molar-refractivity contribution in [3.05, 3.63) is 69.7 Å². The Bertz CT molecular complexity index is 1190. The lowest BCUT2D eigenvalue weighted by molar-refractivity contribution is -0.254. The molecule has 0 bridgehead atoms. The van der Waals surface area contributed by atoms with Gasteiger partial charge >= 0.3 is 11.8 Å². The molecule has 6 nitrogen and oxygen atoms in total. The quantitative estimate of drug-likeness (QED) is 0.594. The van der Waals surface area contributed by atoms with E-state index in [1.54, 1.807) is 18.2 Å². The second-order valence-corrected chi connectivity index (χ2v) is 8.18. The summed E-state index contributed by atoms with van der Waals surface area (Å²) in [6, 6.07) is 10.1. The molecule has 2 aromatic carbocycles. The average molecular weight is 455 g/mol. The fourth-order valence-corrected chi connectivity index (χ4v) is 3.79. The first-order chi connectivity index (χ1) is 14.3. The number of aliphatic hydroxyl groups is 1. The Hall–Kier alpha value is -2.91. The van der Waals surface area contributed by atoms with E-state index >= 15 is 0 Å². The lowest BCUT2D eigenvalue weighted by Crippen LogP contribution is -2.57. The van der Waals surface area contributed by atoms with Crippen molar-refractivity contribution in [2.45, 2.75) is 37.5 Å². The van der Waals surface area contributed by atoms with Gasteiger partial charge in [-0.3, -0.25) is 4.79 Å². The van der Waals surface area contributed by atoms with Crippen LogP contribution in [-0.2, 0) is 10.2 Å². The van der Waals surface area contributed by atoms with Gasteiger partial charge in [-0.25, -0.2) is 4.79 Å². The predicted molar refractivity (Wildman–Crippen MR) is 109 cm³/mol. The van der Waals surface area contributed by atoms with Crippen molar-refractivity contribution in [2.24, 2.45) is 0 Å². The zero-order valence-electron chi connectivity index (χ0n) is 16.5. The van der Waals surface area contributed by atoms with E-state index in [4.69, 9.17) is 11.6 Å². The number of benzene rings is 2. The molecule has 31 heavy (non-hydrogen) atoms. The lowest BCUT2D eigenvalue weighted by Gasteiger charge is -2.37. The molecular weight excluding hydrogens is 437 g/mol. The number of alkyl halides is 3. The summed E-state index contributed by atoms with van der Waals surface area (Å²) >= 11 is 6.13. The molecule has 0 aliphatic rings. The van der Waals surface area contributed by atoms with Crippen molar-refractivity contribution in [3.8, 4) is 0 Å². The third-order valence-corrected chi connectivity index (χ3v) is 5.33. The third-order valence-electron chi connectivity index (χ3n) is 5.00. The molecule has 2 N–H and O–H groups in total.